The third kappa shape index (κ3) is 5.68. The third-order valence-electron chi connectivity index (χ3n) is 6.06. The zero-order valence-corrected chi connectivity index (χ0v) is 20.8. The van der Waals surface area contributed by atoms with Crippen LogP contribution in [0, 0.1) is 35.5 Å². The van der Waals surface area contributed by atoms with E-state index in [9.17, 15) is 20.1 Å². The van der Waals surface area contributed by atoms with Gasteiger partial charge in [-0.2, -0.15) is 15.5 Å². The minimum absolute atomic E-state index is 0.144. The molecule has 2 N–H and O–H groups in total. The summed E-state index contributed by atoms with van der Waals surface area (Å²) in [7, 11) is 0. The van der Waals surface area contributed by atoms with Crippen molar-refractivity contribution in [3.05, 3.63) is 98.7 Å². The van der Waals surface area contributed by atoms with E-state index in [4.69, 9.17) is 5.73 Å². The molecule has 2 aromatic carbocycles. The molecule has 0 fully saturated rings. The van der Waals surface area contributed by atoms with E-state index in [1.807, 2.05) is 44.2 Å². The minimum atomic E-state index is -0.612. The highest BCUT2D eigenvalue weighted by molar-refractivity contribution is 5.94. The number of nitrogens with two attached hydrogens (primary N) is 1. The molecule has 8 nitrogen and oxygen atoms in total. The third-order valence-corrected chi connectivity index (χ3v) is 6.06. The van der Waals surface area contributed by atoms with E-state index >= 15 is 0 Å². The lowest BCUT2D eigenvalue weighted by Crippen LogP contribution is -2.42. The zero-order chi connectivity index (χ0) is 26.2. The lowest BCUT2D eigenvalue weighted by molar-refractivity contribution is 0.0602. The van der Waals surface area contributed by atoms with Crippen LogP contribution < -0.4 is 11.3 Å². The molecule has 1 unspecified atom stereocenters. The van der Waals surface area contributed by atoms with Gasteiger partial charge in [-0.15, -0.1) is 0 Å². The van der Waals surface area contributed by atoms with Gasteiger partial charge in [0.05, 0.1) is 29.8 Å². The molecule has 36 heavy (non-hydrogen) atoms. The predicted octanol–water partition coefficient (Wildman–Crippen LogP) is 3.53. The van der Waals surface area contributed by atoms with Gasteiger partial charge in [0.1, 0.15) is 17.6 Å². The molecule has 0 saturated heterocycles. The molecule has 3 aromatic rings. The van der Waals surface area contributed by atoms with E-state index in [0.29, 0.717) is 43.0 Å². The SMILES string of the molecule is Cc1c(C#N)n(Cc2ccccc2)c(C(C(C)C)N(CCCN)C(=O)c2cccc(C#N)c2)nc1=O. The standard InChI is InChI=1S/C28H30N6O2/c1-19(2)25(33(14-8-13-29)28(36)23-12-7-11-22(15-23)16-30)26-32-27(35)20(3)24(17-31)34(26)18-21-9-5-4-6-10-21/h4-7,9-12,15,19,25H,8,13-14,18,29H2,1-3H3. The molecule has 0 saturated carbocycles. The van der Waals surface area contributed by atoms with E-state index in [0.717, 1.165) is 5.56 Å². The number of hydrogen-bond acceptors (Lipinski definition) is 6. The zero-order valence-electron chi connectivity index (χ0n) is 20.8. The molecule has 8 heteroatoms. The number of carbonyl (C=O) groups is 1. The van der Waals surface area contributed by atoms with Crippen LogP contribution in [-0.2, 0) is 6.54 Å². The lowest BCUT2D eigenvalue weighted by atomic mass is 9.98. The second kappa shape index (κ2) is 11.9. The molecule has 1 atom stereocenters. The molecule has 3 rings (SSSR count). The summed E-state index contributed by atoms with van der Waals surface area (Å²) in [6, 6.07) is 19.8. The Morgan fingerprint density at radius 3 is 2.44 bits per heavy atom. The molecule has 0 aliphatic carbocycles. The smallest absolute Gasteiger partial charge is 0.277 e. The van der Waals surface area contributed by atoms with Crippen molar-refractivity contribution in [2.45, 2.75) is 39.8 Å². The number of carbonyl (C=O) groups excluding carboxylic acids is 1. The number of aromatic nitrogens is 2. The summed E-state index contributed by atoms with van der Waals surface area (Å²) in [4.78, 5) is 32.8. The fourth-order valence-electron chi connectivity index (χ4n) is 4.28. The number of benzene rings is 2. The maximum absolute atomic E-state index is 13.8. The van der Waals surface area contributed by atoms with E-state index < -0.39 is 11.6 Å². The predicted molar refractivity (Wildman–Crippen MR) is 137 cm³/mol. The molecule has 184 valence electrons. The molecule has 0 spiro atoms. The topological polar surface area (TPSA) is 129 Å². The Morgan fingerprint density at radius 2 is 1.83 bits per heavy atom. The van der Waals surface area contributed by atoms with Crippen LogP contribution in [0.2, 0.25) is 0 Å². The van der Waals surface area contributed by atoms with Crippen molar-refractivity contribution in [3.8, 4) is 12.1 Å². The van der Waals surface area contributed by atoms with Crippen LogP contribution in [0.4, 0.5) is 0 Å². The summed E-state index contributed by atoms with van der Waals surface area (Å²) in [6.07, 6.45) is 0.535. The summed E-state index contributed by atoms with van der Waals surface area (Å²) in [5.74, 6) is -0.0873. The first-order valence-electron chi connectivity index (χ1n) is 11.9. The van der Waals surface area contributed by atoms with E-state index in [-0.39, 0.29) is 23.1 Å². The molecular formula is C28H30N6O2. The van der Waals surface area contributed by atoms with Crippen molar-refractivity contribution in [1.82, 2.24) is 14.5 Å². The van der Waals surface area contributed by atoms with Crippen LogP contribution in [0.1, 0.15) is 64.9 Å². The molecule has 1 amide bonds. The Hall–Kier alpha value is -4.27. The van der Waals surface area contributed by atoms with Crippen molar-refractivity contribution < 1.29 is 4.79 Å². The molecule has 0 aliphatic rings. The van der Waals surface area contributed by atoms with Crippen molar-refractivity contribution in [2.24, 2.45) is 11.7 Å². The van der Waals surface area contributed by atoms with Gasteiger partial charge < -0.3 is 15.2 Å². The van der Waals surface area contributed by atoms with Gasteiger partial charge in [-0.3, -0.25) is 9.59 Å². The Bertz CT molecular complexity index is 1370. The quantitative estimate of drug-likeness (QED) is 0.497. The summed E-state index contributed by atoms with van der Waals surface area (Å²) in [5, 5.41) is 19.3. The molecule has 0 bridgehead atoms. The highest BCUT2D eigenvalue weighted by Crippen LogP contribution is 2.30. The molecule has 1 heterocycles. The van der Waals surface area contributed by atoms with Crippen LogP contribution in [-0.4, -0.2) is 33.4 Å². The molecule has 1 aromatic heterocycles. The van der Waals surface area contributed by atoms with Crippen LogP contribution in [0.3, 0.4) is 0 Å². The molecular weight excluding hydrogens is 452 g/mol. The maximum atomic E-state index is 13.8. The van der Waals surface area contributed by atoms with E-state index in [1.54, 1.807) is 40.7 Å². The average Bonchev–Trinajstić information content (AvgIpc) is 2.89. The Kier molecular flexibility index (Phi) is 8.72. The Labute approximate surface area is 211 Å². The van der Waals surface area contributed by atoms with Gasteiger partial charge in [0.15, 0.2) is 0 Å². The van der Waals surface area contributed by atoms with Gasteiger partial charge in [0.25, 0.3) is 11.5 Å². The van der Waals surface area contributed by atoms with Crippen LogP contribution in [0.5, 0.6) is 0 Å². The first-order chi connectivity index (χ1) is 17.3. The lowest BCUT2D eigenvalue weighted by Gasteiger charge is -2.36. The number of amides is 1. The Balaban J connectivity index is 2.23. The van der Waals surface area contributed by atoms with Crippen LogP contribution >= 0.6 is 0 Å². The maximum Gasteiger partial charge on any atom is 0.277 e. The van der Waals surface area contributed by atoms with Crippen molar-refractivity contribution in [2.75, 3.05) is 13.1 Å². The van der Waals surface area contributed by atoms with Gasteiger partial charge in [0.2, 0.25) is 0 Å². The number of nitriles is 2. The highest BCUT2D eigenvalue weighted by atomic mass is 16.2. The van der Waals surface area contributed by atoms with Crippen molar-refractivity contribution in [1.29, 1.82) is 10.5 Å². The first kappa shape index (κ1) is 26.3. The van der Waals surface area contributed by atoms with Gasteiger partial charge in [-0.25, -0.2) is 0 Å². The second-order valence-corrected chi connectivity index (χ2v) is 8.95. The Morgan fingerprint density at radius 1 is 1.11 bits per heavy atom. The van der Waals surface area contributed by atoms with Crippen molar-refractivity contribution in [3.63, 3.8) is 0 Å². The van der Waals surface area contributed by atoms with Gasteiger partial charge >= 0.3 is 0 Å². The van der Waals surface area contributed by atoms with E-state index in [1.165, 1.54) is 0 Å². The number of nitrogens with zero attached hydrogens (tertiary/aromatic N) is 5. The monoisotopic (exact) mass is 482 g/mol. The van der Waals surface area contributed by atoms with Gasteiger partial charge in [-0.1, -0.05) is 50.2 Å². The fraction of sp³-hybridized carbons (Fsp3) is 0.321. The minimum Gasteiger partial charge on any atom is -0.330 e. The normalized spacial score (nSPS) is 11.5. The fourth-order valence-corrected chi connectivity index (χ4v) is 4.28. The second-order valence-electron chi connectivity index (χ2n) is 8.95. The van der Waals surface area contributed by atoms with Gasteiger partial charge in [0, 0.05) is 12.1 Å². The summed E-state index contributed by atoms with van der Waals surface area (Å²) in [6.45, 7) is 6.50. The molecule has 0 aliphatic heterocycles. The van der Waals surface area contributed by atoms with Crippen LogP contribution in [0.25, 0.3) is 0 Å². The number of rotatable bonds is 9. The van der Waals surface area contributed by atoms with E-state index in [2.05, 4.69) is 17.1 Å². The summed E-state index contributed by atoms with van der Waals surface area (Å²) < 4.78 is 1.74. The summed E-state index contributed by atoms with van der Waals surface area (Å²) in [5.41, 5.74) is 7.47. The highest BCUT2D eigenvalue weighted by Gasteiger charge is 2.33. The number of hydrogen-bond donors (Lipinski definition) is 1. The average molecular weight is 483 g/mol. The molecule has 0 radical (unpaired) electrons. The van der Waals surface area contributed by atoms with Crippen molar-refractivity contribution >= 4 is 5.91 Å². The van der Waals surface area contributed by atoms with Gasteiger partial charge in [-0.05, 0) is 49.6 Å². The van der Waals surface area contributed by atoms with Crippen LogP contribution in [0.15, 0.2) is 59.4 Å². The summed E-state index contributed by atoms with van der Waals surface area (Å²) >= 11 is 0. The first-order valence-corrected chi connectivity index (χ1v) is 11.9. The largest absolute Gasteiger partial charge is 0.330 e.